The molecule has 0 fully saturated rings. The molecule has 3 nitrogen and oxygen atoms in total. The van der Waals surface area contributed by atoms with Crippen molar-refractivity contribution in [1.82, 2.24) is 10.3 Å². The van der Waals surface area contributed by atoms with Crippen LogP contribution in [0.1, 0.15) is 24.8 Å². The molecule has 2 aromatic rings. The number of carbonyl (C=O) groups is 1. The standard InChI is InChI=1S/C14H15ClN2O/c1-9(2)17-14(18)12(15)11-7-3-5-10-6-4-8-16-13(10)11/h3-9,12H,1-2H3,(H,17,18). The molecule has 94 valence electrons. The lowest BCUT2D eigenvalue weighted by atomic mass is 10.1. The molecule has 0 saturated carbocycles. The molecule has 0 spiro atoms. The van der Waals surface area contributed by atoms with Gasteiger partial charge in [0, 0.05) is 23.2 Å². The Morgan fingerprint density at radius 3 is 2.72 bits per heavy atom. The van der Waals surface area contributed by atoms with Crippen LogP contribution in [0.5, 0.6) is 0 Å². The van der Waals surface area contributed by atoms with Crippen molar-refractivity contribution < 1.29 is 4.79 Å². The highest BCUT2D eigenvalue weighted by Gasteiger charge is 2.20. The van der Waals surface area contributed by atoms with Crippen molar-refractivity contribution in [3.63, 3.8) is 0 Å². The van der Waals surface area contributed by atoms with Crippen LogP contribution < -0.4 is 5.32 Å². The molecule has 2 rings (SSSR count). The van der Waals surface area contributed by atoms with Crippen LogP contribution in [0.15, 0.2) is 36.5 Å². The third-order valence-corrected chi connectivity index (χ3v) is 3.03. The first-order valence-corrected chi connectivity index (χ1v) is 6.31. The van der Waals surface area contributed by atoms with Crippen LogP contribution in [-0.2, 0) is 4.79 Å². The summed E-state index contributed by atoms with van der Waals surface area (Å²) in [6.07, 6.45) is 1.70. The van der Waals surface area contributed by atoms with Crippen molar-refractivity contribution in [3.05, 3.63) is 42.1 Å². The first-order chi connectivity index (χ1) is 8.59. The minimum absolute atomic E-state index is 0.0710. The van der Waals surface area contributed by atoms with Crippen LogP contribution >= 0.6 is 11.6 Å². The van der Waals surface area contributed by atoms with Gasteiger partial charge in [-0.05, 0) is 19.9 Å². The molecule has 0 aliphatic heterocycles. The molecule has 1 atom stereocenters. The summed E-state index contributed by atoms with van der Waals surface area (Å²) in [7, 11) is 0. The molecule has 1 N–H and O–H groups in total. The third-order valence-electron chi connectivity index (χ3n) is 2.60. The second-order valence-corrected chi connectivity index (χ2v) is 4.88. The fourth-order valence-corrected chi connectivity index (χ4v) is 2.07. The summed E-state index contributed by atoms with van der Waals surface area (Å²) in [4.78, 5) is 16.2. The Bertz CT molecular complexity index is 563. The number of rotatable bonds is 3. The van der Waals surface area contributed by atoms with Gasteiger partial charge in [0.1, 0.15) is 5.38 Å². The van der Waals surface area contributed by atoms with E-state index in [2.05, 4.69) is 10.3 Å². The Kier molecular flexibility index (Phi) is 3.82. The van der Waals surface area contributed by atoms with Gasteiger partial charge in [-0.15, -0.1) is 11.6 Å². The van der Waals surface area contributed by atoms with Gasteiger partial charge in [0.05, 0.1) is 5.52 Å². The van der Waals surface area contributed by atoms with Gasteiger partial charge < -0.3 is 5.32 Å². The predicted molar refractivity (Wildman–Crippen MR) is 73.6 cm³/mol. The molecule has 1 amide bonds. The van der Waals surface area contributed by atoms with Gasteiger partial charge in [-0.1, -0.05) is 24.3 Å². The van der Waals surface area contributed by atoms with Crippen LogP contribution in [0.3, 0.4) is 0 Å². The Hall–Kier alpha value is -1.61. The van der Waals surface area contributed by atoms with Crippen LogP contribution in [0.2, 0.25) is 0 Å². The van der Waals surface area contributed by atoms with Gasteiger partial charge in [-0.3, -0.25) is 9.78 Å². The molecule has 1 aromatic heterocycles. The number of nitrogens with zero attached hydrogens (tertiary/aromatic N) is 1. The SMILES string of the molecule is CC(C)NC(=O)C(Cl)c1cccc2cccnc12. The van der Waals surface area contributed by atoms with E-state index >= 15 is 0 Å². The number of pyridine rings is 1. The number of fused-ring (bicyclic) bond motifs is 1. The first kappa shape index (κ1) is 12.8. The maximum absolute atomic E-state index is 11.9. The van der Waals surface area contributed by atoms with Crippen LogP contribution in [0, 0.1) is 0 Å². The summed E-state index contributed by atoms with van der Waals surface area (Å²) in [5.74, 6) is -0.190. The number of alkyl halides is 1. The van der Waals surface area contributed by atoms with Gasteiger partial charge in [0.2, 0.25) is 5.91 Å². The lowest BCUT2D eigenvalue weighted by Crippen LogP contribution is -2.32. The summed E-state index contributed by atoms with van der Waals surface area (Å²) < 4.78 is 0. The highest BCUT2D eigenvalue weighted by molar-refractivity contribution is 6.31. The molecule has 18 heavy (non-hydrogen) atoms. The molecule has 1 unspecified atom stereocenters. The second kappa shape index (κ2) is 5.36. The zero-order valence-corrected chi connectivity index (χ0v) is 11.1. The lowest BCUT2D eigenvalue weighted by molar-refractivity contribution is -0.121. The number of aromatic nitrogens is 1. The van der Waals surface area contributed by atoms with Gasteiger partial charge >= 0.3 is 0 Å². The Morgan fingerprint density at radius 1 is 1.28 bits per heavy atom. The number of hydrogen-bond donors (Lipinski definition) is 1. The van der Waals surface area contributed by atoms with Crippen LogP contribution in [0.25, 0.3) is 10.9 Å². The van der Waals surface area contributed by atoms with Crippen molar-refractivity contribution in [2.75, 3.05) is 0 Å². The fourth-order valence-electron chi connectivity index (χ4n) is 1.83. The van der Waals surface area contributed by atoms with Crippen molar-refractivity contribution in [3.8, 4) is 0 Å². The Morgan fingerprint density at radius 2 is 2.00 bits per heavy atom. The number of halogens is 1. The van der Waals surface area contributed by atoms with Gasteiger partial charge in [0.15, 0.2) is 0 Å². The average Bonchev–Trinajstić information content (AvgIpc) is 2.36. The van der Waals surface area contributed by atoms with E-state index in [1.807, 2.05) is 44.2 Å². The molecule has 0 aliphatic rings. The molecule has 1 aromatic carbocycles. The van der Waals surface area contributed by atoms with E-state index in [1.165, 1.54) is 0 Å². The summed E-state index contributed by atoms with van der Waals surface area (Å²) in [5, 5.41) is 3.07. The lowest BCUT2D eigenvalue weighted by Gasteiger charge is -2.14. The highest BCUT2D eigenvalue weighted by atomic mass is 35.5. The number of carbonyl (C=O) groups excluding carboxylic acids is 1. The molecule has 0 radical (unpaired) electrons. The van der Waals surface area contributed by atoms with Crippen molar-refractivity contribution in [2.24, 2.45) is 0 Å². The number of amides is 1. The smallest absolute Gasteiger partial charge is 0.242 e. The second-order valence-electron chi connectivity index (χ2n) is 4.45. The van der Waals surface area contributed by atoms with Crippen molar-refractivity contribution in [1.29, 1.82) is 0 Å². The number of nitrogens with one attached hydrogen (secondary N) is 1. The monoisotopic (exact) mass is 262 g/mol. The minimum atomic E-state index is -0.717. The van der Waals surface area contributed by atoms with E-state index in [0.717, 1.165) is 16.5 Å². The van der Waals surface area contributed by atoms with E-state index in [0.29, 0.717) is 0 Å². The van der Waals surface area contributed by atoms with Crippen LogP contribution in [-0.4, -0.2) is 16.9 Å². The van der Waals surface area contributed by atoms with Crippen molar-refractivity contribution >= 4 is 28.4 Å². The van der Waals surface area contributed by atoms with E-state index in [-0.39, 0.29) is 11.9 Å². The van der Waals surface area contributed by atoms with Crippen LogP contribution in [0.4, 0.5) is 0 Å². The zero-order chi connectivity index (χ0) is 13.1. The summed E-state index contributed by atoms with van der Waals surface area (Å²) in [5.41, 5.74) is 1.52. The van der Waals surface area contributed by atoms with E-state index in [9.17, 15) is 4.79 Å². The topological polar surface area (TPSA) is 42.0 Å². The predicted octanol–water partition coefficient (Wildman–Crippen LogP) is 3.04. The summed E-state index contributed by atoms with van der Waals surface area (Å²) >= 11 is 6.23. The molecule has 4 heteroatoms. The van der Waals surface area contributed by atoms with E-state index < -0.39 is 5.38 Å². The normalized spacial score (nSPS) is 12.7. The average molecular weight is 263 g/mol. The van der Waals surface area contributed by atoms with Gasteiger partial charge in [0.25, 0.3) is 0 Å². The van der Waals surface area contributed by atoms with E-state index in [1.54, 1.807) is 6.20 Å². The van der Waals surface area contributed by atoms with Gasteiger partial charge in [-0.2, -0.15) is 0 Å². The molecule has 0 bridgehead atoms. The zero-order valence-electron chi connectivity index (χ0n) is 10.4. The first-order valence-electron chi connectivity index (χ1n) is 5.87. The largest absolute Gasteiger partial charge is 0.352 e. The molecule has 0 aliphatic carbocycles. The molecular formula is C14H15ClN2O. The number of para-hydroxylation sites is 1. The number of hydrogen-bond acceptors (Lipinski definition) is 2. The van der Waals surface area contributed by atoms with Crippen molar-refractivity contribution in [2.45, 2.75) is 25.3 Å². The summed E-state index contributed by atoms with van der Waals surface area (Å²) in [6.45, 7) is 3.81. The Labute approximate surface area is 111 Å². The Balaban J connectivity index is 2.38. The molecular weight excluding hydrogens is 248 g/mol. The summed E-state index contributed by atoms with van der Waals surface area (Å²) in [6, 6.07) is 9.57. The highest BCUT2D eigenvalue weighted by Crippen LogP contribution is 2.27. The van der Waals surface area contributed by atoms with E-state index in [4.69, 9.17) is 11.6 Å². The quantitative estimate of drug-likeness (QED) is 0.864. The molecule has 0 saturated heterocycles. The minimum Gasteiger partial charge on any atom is -0.352 e. The molecule has 1 heterocycles. The number of benzene rings is 1. The maximum atomic E-state index is 11.9. The van der Waals surface area contributed by atoms with Gasteiger partial charge in [-0.25, -0.2) is 0 Å². The fraction of sp³-hybridized carbons (Fsp3) is 0.286. The maximum Gasteiger partial charge on any atom is 0.242 e. The third kappa shape index (κ3) is 2.62.